The highest BCUT2D eigenvalue weighted by molar-refractivity contribution is 7.09. The van der Waals surface area contributed by atoms with Crippen molar-refractivity contribution >= 4 is 27.9 Å². The lowest BCUT2D eigenvalue weighted by Gasteiger charge is -2.25. The summed E-state index contributed by atoms with van der Waals surface area (Å²) in [6.45, 7) is 0.783. The van der Waals surface area contributed by atoms with Gasteiger partial charge in [0.15, 0.2) is 0 Å². The molecule has 0 amide bonds. The van der Waals surface area contributed by atoms with Crippen LogP contribution in [0.25, 0.3) is 10.9 Å². The summed E-state index contributed by atoms with van der Waals surface area (Å²) in [5.74, 6) is 0. The van der Waals surface area contributed by atoms with Crippen molar-refractivity contribution in [3.63, 3.8) is 0 Å². The Morgan fingerprint density at radius 1 is 1.23 bits per heavy atom. The zero-order chi connectivity index (χ0) is 14.9. The van der Waals surface area contributed by atoms with Crippen LogP contribution in [0.15, 0.2) is 41.8 Å². The number of nitrogens with one attached hydrogen (secondary N) is 1. The summed E-state index contributed by atoms with van der Waals surface area (Å²) in [7, 11) is 0. The first kappa shape index (κ1) is 13.7. The van der Waals surface area contributed by atoms with Crippen molar-refractivity contribution in [1.82, 2.24) is 4.98 Å². The zero-order valence-corrected chi connectivity index (χ0v) is 13.1. The number of fused-ring (bicyclic) bond motifs is 2. The van der Waals surface area contributed by atoms with Gasteiger partial charge in [-0.1, -0.05) is 24.3 Å². The van der Waals surface area contributed by atoms with Crippen molar-refractivity contribution in [2.45, 2.75) is 31.9 Å². The van der Waals surface area contributed by atoms with Crippen LogP contribution in [-0.2, 0) is 13.0 Å². The molecule has 0 saturated carbocycles. The molecule has 0 saturated heterocycles. The number of benzene rings is 1. The molecule has 1 unspecified atom stereocenters. The van der Waals surface area contributed by atoms with Crippen LogP contribution >= 0.6 is 11.3 Å². The van der Waals surface area contributed by atoms with E-state index in [0.717, 1.165) is 53.7 Å². The summed E-state index contributed by atoms with van der Waals surface area (Å²) in [6.07, 6.45) is 2.36. The van der Waals surface area contributed by atoms with E-state index in [1.54, 1.807) is 11.3 Å². The second-order valence-electron chi connectivity index (χ2n) is 5.71. The fraction of sp³-hybridized carbons (Fsp3) is 0.278. The highest BCUT2D eigenvalue weighted by Gasteiger charge is 2.24. The molecule has 1 aliphatic rings. The van der Waals surface area contributed by atoms with Gasteiger partial charge in [0.2, 0.25) is 0 Å². The molecule has 2 aromatic heterocycles. The van der Waals surface area contributed by atoms with Crippen molar-refractivity contribution in [2.75, 3.05) is 5.32 Å². The number of aryl methyl sites for hydroxylation is 1. The molecule has 0 spiro atoms. The molecule has 2 heterocycles. The lowest BCUT2D eigenvalue weighted by molar-refractivity contribution is 0.156. The van der Waals surface area contributed by atoms with E-state index in [0.29, 0.717) is 0 Å². The third-order valence-electron chi connectivity index (χ3n) is 4.25. The Labute approximate surface area is 133 Å². The van der Waals surface area contributed by atoms with Crippen molar-refractivity contribution in [3.8, 4) is 0 Å². The number of pyridine rings is 1. The van der Waals surface area contributed by atoms with Gasteiger partial charge in [-0.3, -0.25) is 4.98 Å². The van der Waals surface area contributed by atoms with Crippen LogP contribution in [0.4, 0.5) is 5.69 Å². The largest absolute Gasteiger partial charge is 0.388 e. The first-order chi connectivity index (χ1) is 10.8. The summed E-state index contributed by atoms with van der Waals surface area (Å²) in [6, 6.07) is 12.4. The van der Waals surface area contributed by atoms with Gasteiger partial charge in [0.25, 0.3) is 0 Å². The number of aliphatic hydroxyl groups is 1. The standard InChI is InChI=1S/C18H18N2OS/c21-16-9-3-8-15-17(16)18(19-11-12-5-4-10-22-12)13-6-1-2-7-14(13)20-15/h1-2,4-7,10,16,21H,3,8-9,11H2,(H,19,20). The molecule has 4 rings (SSSR count). The number of nitrogens with zero attached hydrogens (tertiary/aromatic N) is 1. The third kappa shape index (κ3) is 2.38. The van der Waals surface area contributed by atoms with Crippen LogP contribution in [-0.4, -0.2) is 10.1 Å². The van der Waals surface area contributed by atoms with E-state index in [1.165, 1.54) is 4.88 Å². The van der Waals surface area contributed by atoms with Gasteiger partial charge >= 0.3 is 0 Å². The molecule has 4 heteroatoms. The van der Waals surface area contributed by atoms with E-state index in [-0.39, 0.29) is 0 Å². The van der Waals surface area contributed by atoms with Gasteiger partial charge in [-0.2, -0.15) is 0 Å². The predicted octanol–water partition coefficient (Wildman–Crippen LogP) is 4.28. The van der Waals surface area contributed by atoms with E-state index >= 15 is 0 Å². The normalized spacial score (nSPS) is 17.4. The summed E-state index contributed by atoms with van der Waals surface area (Å²) in [5, 5.41) is 17.2. The molecule has 0 fully saturated rings. The smallest absolute Gasteiger partial charge is 0.0828 e. The summed E-state index contributed by atoms with van der Waals surface area (Å²) >= 11 is 1.75. The van der Waals surface area contributed by atoms with Gasteiger partial charge in [0.05, 0.1) is 17.3 Å². The molecule has 1 aromatic carbocycles. The minimum absolute atomic E-state index is 0.410. The Balaban J connectivity index is 1.83. The Morgan fingerprint density at radius 3 is 3.00 bits per heavy atom. The maximum absolute atomic E-state index is 10.5. The number of anilines is 1. The average molecular weight is 310 g/mol. The van der Waals surface area contributed by atoms with Crippen molar-refractivity contribution in [3.05, 3.63) is 57.9 Å². The summed E-state index contributed by atoms with van der Waals surface area (Å²) in [4.78, 5) is 6.07. The molecule has 2 N–H and O–H groups in total. The van der Waals surface area contributed by atoms with E-state index in [4.69, 9.17) is 4.98 Å². The van der Waals surface area contributed by atoms with Gasteiger partial charge in [-0.25, -0.2) is 0 Å². The minimum Gasteiger partial charge on any atom is -0.388 e. The van der Waals surface area contributed by atoms with Gasteiger partial charge in [-0.15, -0.1) is 11.3 Å². The Bertz CT molecular complexity index is 798. The molecule has 22 heavy (non-hydrogen) atoms. The number of rotatable bonds is 3. The minimum atomic E-state index is -0.410. The zero-order valence-electron chi connectivity index (χ0n) is 12.2. The van der Waals surface area contributed by atoms with Crippen LogP contribution in [0.1, 0.15) is 35.1 Å². The topological polar surface area (TPSA) is 45.2 Å². The summed E-state index contributed by atoms with van der Waals surface area (Å²) < 4.78 is 0. The third-order valence-corrected chi connectivity index (χ3v) is 5.13. The van der Waals surface area contributed by atoms with Gasteiger partial charge in [0, 0.05) is 28.1 Å². The Morgan fingerprint density at radius 2 is 2.14 bits per heavy atom. The fourth-order valence-electron chi connectivity index (χ4n) is 3.21. The second kappa shape index (κ2) is 5.71. The van der Waals surface area contributed by atoms with Gasteiger partial charge < -0.3 is 10.4 Å². The van der Waals surface area contributed by atoms with Crippen molar-refractivity contribution < 1.29 is 5.11 Å². The van der Waals surface area contributed by atoms with Crippen molar-refractivity contribution in [2.24, 2.45) is 0 Å². The average Bonchev–Trinajstić information content (AvgIpc) is 3.05. The Hall–Kier alpha value is -1.91. The second-order valence-corrected chi connectivity index (χ2v) is 6.74. The van der Waals surface area contributed by atoms with E-state index in [1.807, 2.05) is 18.2 Å². The quantitative estimate of drug-likeness (QED) is 0.759. The maximum atomic E-state index is 10.5. The fourth-order valence-corrected chi connectivity index (χ4v) is 3.86. The highest BCUT2D eigenvalue weighted by Crippen LogP contribution is 2.38. The number of para-hydroxylation sites is 1. The van der Waals surface area contributed by atoms with Crippen LogP contribution in [0, 0.1) is 0 Å². The van der Waals surface area contributed by atoms with E-state index < -0.39 is 6.10 Å². The van der Waals surface area contributed by atoms with E-state index in [9.17, 15) is 5.11 Å². The molecular weight excluding hydrogens is 292 g/mol. The van der Waals surface area contributed by atoms with Crippen molar-refractivity contribution in [1.29, 1.82) is 0 Å². The van der Waals surface area contributed by atoms with Crippen LogP contribution in [0.3, 0.4) is 0 Å². The number of aromatic nitrogens is 1. The number of thiophene rings is 1. The molecule has 112 valence electrons. The molecule has 0 bridgehead atoms. The van der Waals surface area contributed by atoms with Crippen LogP contribution < -0.4 is 5.32 Å². The summed E-state index contributed by atoms with van der Waals surface area (Å²) in [5.41, 5.74) is 4.11. The molecule has 0 aliphatic heterocycles. The first-order valence-corrected chi connectivity index (χ1v) is 8.57. The highest BCUT2D eigenvalue weighted by atomic mass is 32.1. The van der Waals surface area contributed by atoms with Gasteiger partial charge in [-0.05, 0) is 36.8 Å². The molecule has 1 atom stereocenters. The predicted molar refractivity (Wildman–Crippen MR) is 91.3 cm³/mol. The molecule has 3 aromatic rings. The molecule has 3 nitrogen and oxygen atoms in total. The number of aliphatic hydroxyl groups excluding tert-OH is 1. The number of hydrogen-bond acceptors (Lipinski definition) is 4. The van der Waals surface area contributed by atoms with Gasteiger partial charge in [0.1, 0.15) is 0 Å². The van der Waals surface area contributed by atoms with Crippen LogP contribution in [0.2, 0.25) is 0 Å². The van der Waals surface area contributed by atoms with Crippen LogP contribution in [0.5, 0.6) is 0 Å². The maximum Gasteiger partial charge on any atom is 0.0828 e. The monoisotopic (exact) mass is 310 g/mol. The molecule has 0 radical (unpaired) electrons. The SMILES string of the molecule is OC1CCCc2nc3ccccc3c(NCc3cccs3)c21. The lowest BCUT2D eigenvalue weighted by atomic mass is 9.90. The first-order valence-electron chi connectivity index (χ1n) is 7.69. The number of hydrogen-bond donors (Lipinski definition) is 2. The molecular formula is C18H18N2OS. The van der Waals surface area contributed by atoms with E-state index in [2.05, 4.69) is 28.9 Å². The molecule has 1 aliphatic carbocycles. The lowest BCUT2D eigenvalue weighted by Crippen LogP contribution is -2.15. The Kier molecular flexibility index (Phi) is 3.56.